The molecule has 0 radical (unpaired) electrons. The van der Waals surface area contributed by atoms with Gasteiger partial charge in [0, 0.05) is 51.5 Å². The highest BCUT2D eigenvalue weighted by Crippen LogP contribution is 2.22. The second kappa shape index (κ2) is 9.32. The summed E-state index contributed by atoms with van der Waals surface area (Å²) in [4.78, 5) is 31.8. The van der Waals surface area contributed by atoms with Crippen LogP contribution < -0.4 is 20.9 Å². The number of carbonyl (C=O) groups is 2. The van der Waals surface area contributed by atoms with Crippen molar-refractivity contribution in [3.05, 3.63) is 59.9 Å². The maximum absolute atomic E-state index is 13.1. The summed E-state index contributed by atoms with van der Waals surface area (Å²) < 4.78 is 0. The SMILES string of the molecule is CNC(=O)[C@@H](Cc1ccccc1)NC(=O)c1cnccc1N1CCNCC1C. The number of nitrogens with one attached hydrogen (secondary N) is 3. The molecule has 3 N–H and O–H groups in total. The van der Waals surface area contributed by atoms with Crippen molar-refractivity contribution < 1.29 is 9.59 Å². The topological polar surface area (TPSA) is 86.4 Å². The minimum Gasteiger partial charge on any atom is -0.366 e. The van der Waals surface area contributed by atoms with Crippen molar-refractivity contribution in [1.82, 2.24) is 20.9 Å². The Bertz CT molecular complexity index is 811. The van der Waals surface area contributed by atoms with Crippen molar-refractivity contribution in [3.63, 3.8) is 0 Å². The lowest BCUT2D eigenvalue weighted by atomic mass is 10.0. The number of aromatic nitrogens is 1. The molecule has 2 aromatic rings. The largest absolute Gasteiger partial charge is 0.366 e. The number of hydrogen-bond donors (Lipinski definition) is 3. The zero-order valence-electron chi connectivity index (χ0n) is 16.3. The molecular formula is C21H27N5O2. The third kappa shape index (κ3) is 4.67. The van der Waals surface area contributed by atoms with Crippen molar-refractivity contribution in [2.75, 3.05) is 31.6 Å². The first kappa shape index (κ1) is 19.8. The van der Waals surface area contributed by atoms with E-state index in [9.17, 15) is 9.59 Å². The Balaban J connectivity index is 1.81. The summed E-state index contributed by atoms with van der Waals surface area (Å²) in [5, 5.41) is 8.89. The number of benzene rings is 1. The zero-order chi connectivity index (χ0) is 19.9. The molecule has 1 aliphatic heterocycles. The smallest absolute Gasteiger partial charge is 0.255 e. The molecule has 1 aromatic heterocycles. The van der Waals surface area contributed by atoms with Gasteiger partial charge in [-0.2, -0.15) is 0 Å². The van der Waals surface area contributed by atoms with E-state index < -0.39 is 6.04 Å². The third-order valence-corrected chi connectivity index (χ3v) is 5.00. The van der Waals surface area contributed by atoms with Crippen molar-refractivity contribution >= 4 is 17.5 Å². The van der Waals surface area contributed by atoms with Crippen LogP contribution in [0, 0.1) is 0 Å². The maximum Gasteiger partial charge on any atom is 0.255 e. The monoisotopic (exact) mass is 381 g/mol. The van der Waals surface area contributed by atoms with E-state index in [0.717, 1.165) is 30.9 Å². The molecule has 7 nitrogen and oxygen atoms in total. The van der Waals surface area contributed by atoms with E-state index in [1.165, 1.54) is 0 Å². The quantitative estimate of drug-likeness (QED) is 0.694. The highest BCUT2D eigenvalue weighted by Gasteiger charge is 2.26. The van der Waals surface area contributed by atoms with Crippen LogP contribution in [0.5, 0.6) is 0 Å². The van der Waals surface area contributed by atoms with Gasteiger partial charge in [-0.3, -0.25) is 14.6 Å². The van der Waals surface area contributed by atoms with Gasteiger partial charge in [-0.25, -0.2) is 0 Å². The number of nitrogens with zero attached hydrogens (tertiary/aromatic N) is 2. The third-order valence-electron chi connectivity index (χ3n) is 5.00. The molecule has 2 heterocycles. The summed E-state index contributed by atoms with van der Waals surface area (Å²) in [5.41, 5.74) is 2.31. The van der Waals surface area contributed by atoms with Crippen LogP contribution in [0.3, 0.4) is 0 Å². The van der Waals surface area contributed by atoms with Crippen LogP contribution in [0.1, 0.15) is 22.8 Å². The number of likely N-dealkylation sites (N-methyl/N-ethyl adjacent to an activating group) is 1. The van der Waals surface area contributed by atoms with E-state index in [1.54, 1.807) is 19.4 Å². The number of pyridine rings is 1. The Hall–Kier alpha value is -2.93. The summed E-state index contributed by atoms with van der Waals surface area (Å²) in [6.45, 7) is 4.66. The highest BCUT2D eigenvalue weighted by atomic mass is 16.2. The average Bonchev–Trinajstić information content (AvgIpc) is 2.73. The normalized spacial score (nSPS) is 17.6. The maximum atomic E-state index is 13.1. The molecule has 0 bridgehead atoms. The average molecular weight is 381 g/mol. The molecule has 1 aliphatic rings. The fraction of sp³-hybridized carbons (Fsp3) is 0.381. The Morgan fingerprint density at radius 2 is 2.07 bits per heavy atom. The molecule has 0 spiro atoms. The first-order valence-corrected chi connectivity index (χ1v) is 9.58. The van der Waals surface area contributed by atoms with Crippen molar-refractivity contribution in [3.8, 4) is 0 Å². The van der Waals surface area contributed by atoms with Gasteiger partial charge < -0.3 is 20.9 Å². The lowest BCUT2D eigenvalue weighted by Gasteiger charge is -2.36. The molecule has 1 saturated heterocycles. The fourth-order valence-electron chi connectivity index (χ4n) is 3.48. The summed E-state index contributed by atoms with van der Waals surface area (Å²) in [5.74, 6) is -0.517. The number of piperazine rings is 1. The predicted molar refractivity (Wildman–Crippen MR) is 109 cm³/mol. The molecule has 2 amide bonds. The van der Waals surface area contributed by atoms with Crippen LogP contribution in [-0.4, -0.2) is 55.6 Å². The molecule has 1 unspecified atom stereocenters. The van der Waals surface area contributed by atoms with Crippen LogP contribution >= 0.6 is 0 Å². The molecule has 1 fully saturated rings. The van der Waals surface area contributed by atoms with Crippen LogP contribution in [0.25, 0.3) is 0 Å². The number of carbonyl (C=O) groups excluding carboxylic acids is 2. The van der Waals surface area contributed by atoms with Gasteiger partial charge in [0.15, 0.2) is 0 Å². The van der Waals surface area contributed by atoms with Crippen LogP contribution in [-0.2, 0) is 11.2 Å². The van der Waals surface area contributed by atoms with Gasteiger partial charge in [0.05, 0.1) is 11.3 Å². The number of anilines is 1. The van der Waals surface area contributed by atoms with Crippen molar-refractivity contribution in [1.29, 1.82) is 0 Å². The lowest BCUT2D eigenvalue weighted by molar-refractivity contribution is -0.122. The zero-order valence-corrected chi connectivity index (χ0v) is 16.3. The Kier molecular flexibility index (Phi) is 6.60. The Morgan fingerprint density at radius 3 is 2.79 bits per heavy atom. The van der Waals surface area contributed by atoms with E-state index in [4.69, 9.17) is 0 Å². The standard InChI is InChI=1S/C21H27N5O2/c1-15-13-24-10-11-26(15)19-8-9-23-14-17(19)20(27)25-18(21(28)22-2)12-16-6-4-3-5-7-16/h3-9,14-15,18,24H,10-13H2,1-2H3,(H,22,28)(H,25,27)/t15?,18-/m1/s1. The van der Waals surface area contributed by atoms with Crippen LogP contribution in [0.2, 0.25) is 0 Å². The van der Waals surface area contributed by atoms with Gasteiger partial charge in [-0.05, 0) is 18.6 Å². The molecule has 2 atom stereocenters. The minimum absolute atomic E-state index is 0.224. The van der Waals surface area contributed by atoms with Gasteiger partial charge in [-0.15, -0.1) is 0 Å². The molecule has 0 aliphatic carbocycles. The highest BCUT2D eigenvalue weighted by molar-refractivity contribution is 6.01. The molecule has 1 aromatic carbocycles. The minimum atomic E-state index is -0.659. The Labute approximate surface area is 165 Å². The Morgan fingerprint density at radius 1 is 1.29 bits per heavy atom. The van der Waals surface area contributed by atoms with Crippen molar-refractivity contribution in [2.45, 2.75) is 25.4 Å². The van der Waals surface area contributed by atoms with Gasteiger partial charge in [-0.1, -0.05) is 30.3 Å². The summed E-state index contributed by atoms with van der Waals surface area (Å²) in [6, 6.07) is 11.1. The first-order valence-electron chi connectivity index (χ1n) is 9.58. The second-order valence-corrected chi connectivity index (χ2v) is 6.97. The first-order chi connectivity index (χ1) is 13.6. The molecule has 3 rings (SSSR count). The van der Waals surface area contributed by atoms with Gasteiger partial charge in [0.2, 0.25) is 5.91 Å². The van der Waals surface area contributed by atoms with E-state index in [-0.39, 0.29) is 17.9 Å². The molecule has 0 saturated carbocycles. The van der Waals surface area contributed by atoms with E-state index in [0.29, 0.717) is 12.0 Å². The van der Waals surface area contributed by atoms with Crippen LogP contribution in [0.15, 0.2) is 48.8 Å². The number of rotatable bonds is 6. The molecular weight excluding hydrogens is 354 g/mol. The molecule has 148 valence electrons. The fourth-order valence-corrected chi connectivity index (χ4v) is 3.48. The predicted octanol–water partition coefficient (Wildman–Crippen LogP) is 0.967. The van der Waals surface area contributed by atoms with Gasteiger partial charge in [0.1, 0.15) is 6.04 Å². The number of amides is 2. The number of hydrogen-bond acceptors (Lipinski definition) is 5. The van der Waals surface area contributed by atoms with E-state index >= 15 is 0 Å². The van der Waals surface area contributed by atoms with E-state index in [2.05, 4.69) is 32.8 Å². The van der Waals surface area contributed by atoms with Crippen LogP contribution in [0.4, 0.5) is 5.69 Å². The van der Waals surface area contributed by atoms with Gasteiger partial charge in [0.25, 0.3) is 5.91 Å². The summed E-state index contributed by atoms with van der Waals surface area (Å²) >= 11 is 0. The lowest BCUT2D eigenvalue weighted by Crippen LogP contribution is -2.51. The van der Waals surface area contributed by atoms with Gasteiger partial charge >= 0.3 is 0 Å². The molecule has 28 heavy (non-hydrogen) atoms. The molecule has 7 heteroatoms. The van der Waals surface area contributed by atoms with E-state index in [1.807, 2.05) is 36.4 Å². The second-order valence-electron chi connectivity index (χ2n) is 6.97. The van der Waals surface area contributed by atoms with Crippen molar-refractivity contribution in [2.24, 2.45) is 0 Å². The summed E-state index contributed by atoms with van der Waals surface area (Å²) in [6.07, 6.45) is 3.69. The summed E-state index contributed by atoms with van der Waals surface area (Å²) in [7, 11) is 1.57.